The van der Waals surface area contributed by atoms with Crippen molar-refractivity contribution >= 4 is 33.2 Å². The normalized spacial score (nSPS) is 17.1. The Morgan fingerprint density at radius 1 is 1.47 bits per heavy atom. The topological polar surface area (TPSA) is 20.3 Å². The maximum absolute atomic E-state index is 12.2. The molecule has 1 aliphatic carbocycles. The molecule has 1 amide bonds. The number of nitrogens with zero attached hydrogens (tertiary/aromatic N) is 1. The standard InChI is InChI=1S/C13H18BrNOS/c1-15(8-10-7-12(14)17-9-10)13(16)11-5-3-2-4-6-11/h7,9,11H,2-6,8H2,1H3. The molecule has 0 radical (unpaired) electrons. The molecule has 1 saturated carbocycles. The molecule has 0 N–H and O–H groups in total. The van der Waals surface area contributed by atoms with Gasteiger partial charge in [-0.05, 0) is 45.8 Å². The van der Waals surface area contributed by atoms with Crippen molar-refractivity contribution in [2.45, 2.75) is 38.6 Å². The predicted molar refractivity (Wildman–Crippen MR) is 75.1 cm³/mol. The lowest BCUT2D eigenvalue weighted by molar-refractivity contribution is -0.135. The van der Waals surface area contributed by atoms with Crippen molar-refractivity contribution in [3.05, 3.63) is 20.8 Å². The van der Waals surface area contributed by atoms with Crippen LogP contribution in [-0.4, -0.2) is 17.9 Å². The van der Waals surface area contributed by atoms with Gasteiger partial charge in [0.25, 0.3) is 0 Å². The van der Waals surface area contributed by atoms with Crippen LogP contribution < -0.4 is 0 Å². The zero-order valence-corrected chi connectivity index (χ0v) is 12.5. The van der Waals surface area contributed by atoms with Crippen molar-refractivity contribution < 1.29 is 4.79 Å². The first kappa shape index (κ1) is 13.1. The monoisotopic (exact) mass is 315 g/mol. The molecule has 0 atom stereocenters. The number of carbonyl (C=O) groups is 1. The first-order valence-corrected chi connectivity index (χ1v) is 7.82. The maximum atomic E-state index is 12.2. The van der Waals surface area contributed by atoms with Crippen molar-refractivity contribution in [1.29, 1.82) is 0 Å². The average molecular weight is 316 g/mol. The lowest BCUT2D eigenvalue weighted by atomic mass is 9.88. The number of rotatable bonds is 3. The van der Waals surface area contributed by atoms with Gasteiger partial charge < -0.3 is 4.90 Å². The molecule has 4 heteroatoms. The highest BCUT2D eigenvalue weighted by Gasteiger charge is 2.23. The molecule has 1 heterocycles. The Hall–Kier alpha value is -0.350. The summed E-state index contributed by atoms with van der Waals surface area (Å²) in [5.74, 6) is 0.600. The van der Waals surface area contributed by atoms with Gasteiger partial charge in [-0.15, -0.1) is 11.3 Å². The molecule has 1 aromatic rings. The van der Waals surface area contributed by atoms with Crippen LogP contribution in [0.2, 0.25) is 0 Å². The van der Waals surface area contributed by atoms with Crippen LogP contribution in [0.15, 0.2) is 15.2 Å². The second kappa shape index (κ2) is 6.01. The second-order valence-electron chi connectivity index (χ2n) is 4.79. The average Bonchev–Trinajstić information content (AvgIpc) is 2.75. The zero-order valence-electron chi connectivity index (χ0n) is 10.1. The molecule has 0 bridgehead atoms. The maximum Gasteiger partial charge on any atom is 0.225 e. The summed E-state index contributed by atoms with van der Waals surface area (Å²) in [6.07, 6.45) is 5.89. The van der Waals surface area contributed by atoms with Gasteiger partial charge >= 0.3 is 0 Å². The molecule has 0 unspecified atom stereocenters. The van der Waals surface area contributed by atoms with Crippen LogP contribution in [-0.2, 0) is 11.3 Å². The van der Waals surface area contributed by atoms with E-state index in [2.05, 4.69) is 27.4 Å². The Kier molecular flexibility index (Phi) is 4.62. The number of hydrogen-bond donors (Lipinski definition) is 0. The summed E-state index contributed by atoms with van der Waals surface area (Å²) in [6, 6.07) is 2.09. The number of thiophene rings is 1. The highest BCUT2D eigenvalue weighted by atomic mass is 79.9. The largest absolute Gasteiger partial charge is 0.341 e. The minimum absolute atomic E-state index is 0.274. The first-order valence-electron chi connectivity index (χ1n) is 6.14. The first-order chi connectivity index (χ1) is 8.16. The predicted octanol–water partition coefficient (Wildman–Crippen LogP) is 4.05. The van der Waals surface area contributed by atoms with Crippen molar-refractivity contribution in [3.63, 3.8) is 0 Å². The van der Waals surface area contributed by atoms with Crippen molar-refractivity contribution in [2.75, 3.05) is 7.05 Å². The summed E-state index contributed by atoms with van der Waals surface area (Å²) >= 11 is 5.12. The summed E-state index contributed by atoms with van der Waals surface area (Å²) < 4.78 is 1.13. The quantitative estimate of drug-likeness (QED) is 0.824. The lowest BCUT2D eigenvalue weighted by Gasteiger charge is -2.26. The van der Waals surface area contributed by atoms with Crippen LogP contribution >= 0.6 is 27.3 Å². The molecule has 0 aliphatic heterocycles. The van der Waals surface area contributed by atoms with Gasteiger partial charge in [0, 0.05) is 19.5 Å². The summed E-state index contributed by atoms with van der Waals surface area (Å²) in [6.45, 7) is 0.734. The fourth-order valence-corrected chi connectivity index (χ4v) is 3.64. The van der Waals surface area contributed by atoms with Gasteiger partial charge in [0.1, 0.15) is 0 Å². The highest BCUT2D eigenvalue weighted by molar-refractivity contribution is 9.11. The molecule has 94 valence electrons. The van der Waals surface area contributed by atoms with E-state index in [1.165, 1.54) is 24.8 Å². The second-order valence-corrected chi connectivity index (χ2v) is 7.08. The van der Waals surface area contributed by atoms with Crippen LogP contribution in [0.1, 0.15) is 37.7 Å². The van der Waals surface area contributed by atoms with E-state index < -0.39 is 0 Å². The number of halogens is 1. The third kappa shape index (κ3) is 3.55. The summed E-state index contributed by atoms with van der Waals surface area (Å²) in [4.78, 5) is 14.1. The van der Waals surface area contributed by atoms with Gasteiger partial charge in [0.2, 0.25) is 5.91 Å². The van der Waals surface area contributed by atoms with Gasteiger partial charge in [0.05, 0.1) is 3.79 Å². The van der Waals surface area contributed by atoms with Crippen LogP contribution in [0.3, 0.4) is 0 Å². The van der Waals surface area contributed by atoms with E-state index in [0.717, 1.165) is 23.2 Å². The molecule has 2 nitrogen and oxygen atoms in total. The molecule has 1 aliphatic rings. The molecule has 2 rings (SSSR count). The summed E-state index contributed by atoms with van der Waals surface area (Å²) in [5.41, 5.74) is 1.22. The lowest BCUT2D eigenvalue weighted by Crippen LogP contribution is -2.33. The van der Waals surface area contributed by atoms with Crippen molar-refractivity contribution in [1.82, 2.24) is 4.90 Å². The van der Waals surface area contributed by atoms with Gasteiger partial charge in [-0.2, -0.15) is 0 Å². The minimum atomic E-state index is 0.274. The third-order valence-electron chi connectivity index (χ3n) is 3.37. The SMILES string of the molecule is CN(Cc1csc(Br)c1)C(=O)C1CCCCC1. The van der Waals surface area contributed by atoms with Crippen molar-refractivity contribution in [2.24, 2.45) is 5.92 Å². The fraction of sp³-hybridized carbons (Fsp3) is 0.615. The Labute approximate surface area is 115 Å². The van der Waals surface area contributed by atoms with Crippen LogP contribution in [0.5, 0.6) is 0 Å². The van der Waals surface area contributed by atoms with Gasteiger partial charge in [-0.1, -0.05) is 19.3 Å². The zero-order chi connectivity index (χ0) is 12.3. The van der Waals surface area contributed by atoms with E-state index >= 15 is 0 Å². The number of amides is 1. The summed E-state index contributed by atoms with van der Waals surface area (Å²) in [7, 11) is 1.92. The van der Waals surface area contributed by atoms with Crippen LogP contribution in [0, 0.1) is 5.92 Å². The third-order valence-corrected chi connectivity index (χ3v) is 4.93. The Bertz CT molecular complexity index is 385. The number of hydrogen-bond acceptors (Lipinski definition) is 2. The molecule has 1 aromatic heterocycles. The van der Waals surface area contributed by atoms with E-state index in [9.17, 15) is 4.79 Å². The van der Waals surface area contributed by atoms with E-state index in [4.69, 9.17) is 0 Å². The summed E-state index contributed by atoms with van der Waals surface area (Å²) in [5, 5.41) is 2.11. The van der Waals surface area contributed by atoms with Gasteiger partial charge in [-0.25, -0.2) is 0 Å². The molecular formula is C13H18BrNOS. The Morgan fingerprint density at radius 3 is 2.76 bits per heavy atom. The van der Waals surface area contributed by atoms with Crippen LogP contribution in [0.4, 0.5) is 0 Å². The smallest absolute Gasteiger partial charge is 0.225 e. The van der Waals surface area contributed by atoms with Crippen molar-refractivity contribution in [3.8, 4) is 0 Å². The van der Waals surface area contributed by atoms with E-state index in [1.807, 2.05) is 11.9 Å². The molecule has 0 spiro atoms. The minimum Gasteiger partial charge on any atom is -0.341 e. The Balaban J connectivity index is 1.90. The Morgan fingerprint density at radius 2 is 2.18 bits per heavy atom. The van der Waals surface area contributed by atoms with E-state index in [1.54, 1.807) is 11.3 Å². The molecule has 0 aromatic carbocycles. The molecule has 0 saturated heterocycles. The molecular weight excluding hydrogens is 298 g/mol. The van der Waals surface area contributed by atoms with Gasteiger partial charge in [-0.3, -0.25) is 4.79 Å². The molecule has 17 heavy (non-hydrogen) atoms. The van der Waals surface area contributed by atoms with E-state index in [-0.39, 0.29) is 5.92 Å². The van der Waals surface area contributed by atoms with Gasteiger partial charge in [0.15, 0.2) is 0 Å². The van der Waals surface area contributed by atoms with E-state index in [0.29, 0.717) is 5.91 Å². The van der Waals surface area contributed by atoms with Crippen LogP contribution in [0.25, 0.3) is 0 Å². The number of carbonyl (C=O) groups excluding carboxylic acids is 1. The fourth-order valence-electron chi connectivity index (χ4n) is 2.44. The molecule has 1 fully saturated rings. The highest BCUT2D eigenvalue weighted by Crippen LogP contribution is 2.26.